The largest absolute Gasteiger partial charge is 0.496 e. The number of halogens is 3. The zero-order chi connectivity index (χ0) is 44.1. The number of benzene rings is 2. The van der Waals surface area contributed by atoms with E-state index in [4.69, 9.17) is 42.6 Å². The summed E-state index contributed by atoms with van der Waals surface area (Å²) in [5, 5.41) is 8.56. The van der Waals surface area contributed by atoms with E-state index >= 15 is 0 Å². The highest BCUT2D eigenvalue weighted by Gasteiger charge is 2.62. The highest BCUT2D eigenvalue weighted by molar-refractivity contribution is 7.91. The lowest BCUT2D eigenvalue weighted by molar-refractivity contribution is -0.140. The Bertz CT molecular complexity index is 2550. The molecule has 0 radical (unpaired) electrons. The van der Waals surface area contributed by atoms with Crippen molar-refractivity contribution in [2.24, 2.45) is 5.92 Å². The Morgan fingerprint density at radius 1 is 1.08 bits per heavy atom. The SMILES string of the molecule is COc1ccc2c(O[C@@H]3C[C@H]4C(=O)N[C@]5(C(=O)NS(=O)(=O)C6CC6)C[C@H]5C=CCCCCC[C@H](Nc5cc(F)c(Cl)c(Cl)c5)C(=O)N4C3)cc(-c3nc(C(C)C)cs3)nc2c1C. The lowest BCUT2D eigenvalue weighted by Crippen LogP contribution is -2.57. The summed E-state index contributed by atoms with van der Waals surface area (Å²) in [7, 11) is -2.34. The van der Waals surface area contributed by atoms with Gasteiger partial charge in [-0.3, -0.25) is 19.1 Å². The van der Waals surface area contributed by atoms with Gasteiger partial charge >= 0.3 is 0 Å². The van der Waals surface area contributed by atoms with Crippen molar-refractivity contribution in [3.05, 3.63) is 75.0 Å². The summed E-state index contributed by atoms with van der Waals surface area (Å²) >= 11 is 13.8. The molecule has 2 saturated carbocycles. The van der Waals surface area contributed by atoms with E-state index < -0.39 is 68.5 Å². The van der Waals surface area contributed by atoms with Crippen LogP contribution in [0.3, 0.4) is 0 Å². The van der Waals surface area contributed by atoms with Crippen molar-refractivity contribution in [1.29, 1.82) is 0 Å². The molecule has 0 spiro atoms. The van der Waals surface area contributed by atoms with E-state index in [1.807, 2.05) is 42.7 Å². The highest BCUT2D eigenvalue weighted by atomic mass is 35.5. The summed E-state index contributed by atoms with van der Waals surface area (Å²) in [6.07, 6.45) is 7.43. The molecule has 1 saturated heterocycles. The number of carbonyl (C=O) groups excluding carboxylic acids is 3. The van der Waals surface area contributed by atoms with Gasteiger partial charge in [0.1, 0.15) is 51.7 Å². The maximum absolute atomic E-state index is 14.9. The van der Waals surface area contributed by atoms with E-state index in [-0.39, 0.29) is 41.0 Å². The maximum Gasteiger partial charge on any atom is 0.259 e. The number of thiazole rings is 1. The summed E-state index contributed by atoms with van der Waals surface area (Å²) in [4.78, 5) is 54.8. The quantitative estimate of drug-likeness (QED) is 0.105. The molecular weight excluding hydrogens is 879 g/mol. The first-order valence-corrected chi connectivity index (χ1v) is 24.1. The van der Waals surface area contributed by atoms with Crippen molar-refractivity contribution in [3.8, 4) is 22.2 Å². The first-order valence-electron chi connectivity index (χ1n) is 21.0. The number of rotatable bonds is 10. The van der Waals surface area contributed by atoms with Gasteiger partial charge in [0.05, 0.1) is 40.2 Å². The number of hydrogen-bond acceptors (Lipinski definition) is 11. The van der Waals surface area contributed by atoms with Crippen LogP contribution < -0.4 is 24.8 Å². The summed E-state index contributed by atoms with van der Waals surface area (Å²) in [5.41, 5.74) is 1.65. The van der Waals surface area contributed by atoms with Gasteiger partial charge in [-0.1, -0.05) is 62.0 Å². The fourth-order valence-corrected chi connectivity index (χ4v) is 11.0. The van der Waals surface area contributed by atoms with Crippen LogP contribution >= 0.6 is 34.5 Å². The lowest BCUT2D eigenvalue weighted by Gasteiger charge is -2.30. The first kappa shape index (κ1) is 44.1. The number of amides is 3. The zero-order valence-electron chi connectivity index (χ0n) is 34.8. The third kappa shape index (κ3) is 8.97. The van der Waals surface area contributed by atoms with E-state index in [1.165, 1.54) is 28.4 Å². The number of pyridine rings is 1. The Balaban J connectivity index is 1.16. The Morgan fingerprint density at radius 3 is 2.58 bits per heavy atom. The number of ether oxygens (including phenoxy) is 2. The molecule has 0 unspecified atom stereocenters. The number of fused-ring (bicyclic) bond motifs is 3. The van der Waals surface area contributed by atoms with Gasteiger partial charge in [-0.15, -0.1) is 11.3 Å². The Kier molecular flexibility index (Phi) is 12.5. The average molecular weight is 928 g/mol. The molecule has 8 rings (SSSR count). The molecule has 330 valence electrons. The summed E-state index contributed by atoms with van der Waals surface area (Å²) < 4.78 is 55.5. The Hall–Kier alpha value is -4.51. The molecule has 18 heteroatoms. The normalized spacial score (nSPS) is 24.5. The highest BCUT2D eigenvalue weighted by Crippen LogP contribution is 2.46. The molecule has 13 nitrogen and oxygen atoms in total. The van der Waals surface area contributed by atoms with E-state index in [0.717, 1.165) is 24.1 Å². The van der Waals surface area contributed by atoms with Gasteiger partial charge in [-0.05, 0) is 75.6 Å². The predicted molar refractivity (Wildman–Crippen MR) is 238 cm³/mol. The van der Waals surface area contributed by atoms with E-state index in [2.05, 4.69) is 29.2 Å². The summed E-state index contributed by atoms with van der Waals surface area (Å²) in [6.45, 7) is 6.02. The van der Waals surface area contributed by atoms with Gasteiger partial charge < -0.3 is 25.0 Å². The van der Waals surface area contributed by atoms with E-state index in [1.54, 1.807) is 7.11 Å². The van der Waals surface area contributed by atoms with Crippen LogP contribution in [0.2, 0.25) is 10.0 Å². The van der Waals surface area contributed by atoms with Crippen LogP contribution in [-0.2, 0) is 24.4 Å². The zero-order valence-corrected chi connectivity index (χ0v) is 37.9. The van der Waals surface area contributed by atoms with Crippen molar-refractivity contribution in [1.82, 2.24) is 24.9 Å². The van der Waals surface area contributed by atoms with Crippen molar-refractivity contribution in [3.63, 3.8) is 0 Å². The van der Waals surface area contributed by atoms with Crippen LogP contribution in [-0.4, -0.2) is 83.6 Å². The predicted octanol–water partition coefficient (Wildman–Crippen LogP) is 8.08. The van der Waals surface area contributed by atoms with Gasteiger partial charge in [-0.25, -0.2) is 22.8 Å². The number of anilines is 1. The number of nitrogens with one attached hydrogen (secondary N) is 3. The Morgan fingerprint density at radius 2 is 1.87 bits per heavy atom. The van der Waals surface area contributed by atoms with Gasteiger partial charge in [0.2, 0.25) is 21.8 Å². The molecule has 4 aromatic rings. The van der Waals surface area contributed by atoms with Crippen molar-refractivity contribution in [2.75, 3.05) is 19.0 Å². The van der Waals surface area contributed by atoms with Crippen molar-refractivity contribution < 1.29 is 36.7 Å². The number of allylic oxidation sites excluding steroid dienone is 1. The van der Waals surface area contributed by atoms with Crippen molar-refractivity contribution in [2.45, 2.75) is 113 Å². The third-order valence-electron chi connectivity index (χ3n) is 12.2. The van der Waals surface area contributed by atoms with Crippen LogP contribution in [0.1, 0.15) is 88.8 Å². The fourth-order valence-electron chi connectivity index (χ4n) is 8.34. The average Bonchev–Trinajstić information content (AvgIpc) is 4.11. The molecule has 5 atom stereocenters. The van der Waals surface area contributed by atoms with Crippen LogP contribution in [0.5, 0.6) is 11.5 Å². The second-order valence-electron chi connectivity index (χ2n) is 17.0. The van der Waals surface area contributed by atoms with Crippen molar-refractivity contribution >= 4 is 78.9 Å². The molecule has 4 heterocycles. The molecule has 2 aromatic carbocycles. The molecule has 3 amide bonds. The lowest BCUT2D eigenvalue weighted by atomic mass is 10.0. The molecule has 3 N–H and O–H groups in total. The minimum absolute atomic E-state index is 0.0214. The summed E-state index contributed by atoms with van der Waals surface area (Å²) in [6, 6.07) is 6.07. The number of aryl methyl sites for hydroxylation is 1. The second kappa shape index (κ2) is 17.6. The van der Waals surface area contributed by atoms with Crippen LogP contribution in [0.25, 0.3) is 21.6 Å². The molecular formula is C44H49Cl2FN6O7S2. The number of nitrogens with zero attached hydrogens (tertiary/aromatic N) is 3. The van der Waals surface area contributed by atoms with E-state index in [0.29, 0.717) is 65.2 Å². The van der Waals surface area contributed by atoms with Gasteiger partial charge in [0, 0.05) is 40.4 Å². The molecule has 2 aliphatic carbocycles. The third-order valence-corrected chi connectivity index (χ3v) is 15.6. The molecule has 2 aliphatic heterocycles. The van der Waals surface area contributed by atoms with Gasteiger partial charge in [-0.2, -0.15) is 0 Å². The van der Waals surface area contributed by atoms with Gasteiger partial charge in [0.25, 0.3) is 5.91 Å². The molecule has 4 aliphatic rings. The maximum atomic E-state index is 14.9. The smallest absolute Gasteiger partial charge is 0.259 e. The van der Waals surface area contributed by atoms with E-state index in [9.17, 15) is 27.2 Å². The van der Waals surface area contributed by atoms with Crippen LogP contribution in [0.4, 0.5) is 10.1 Å². The number of methoxy groups -OCH3 is 1. The fraction of sp³-hybridized carbons (Fsp3) is 0.477. The van der Waals surface area contributed by atoms with Crippen LogP contribution in [0.15, 0.2) is 47.9 Å². The number of carbonyl (C=O) groups is 3. The molecule has 0 bridgehead atoms. The second-order valence-corrected chi connectivity index (χ2v) is 20.6. The standard InChI is InChI=1S/C44H49Cl2FN6O7S2/c1-23(2)34-22-61-41(50-34)33-19-37(29-14-15-36(59-4)24(3)39(29)49-33)60-27-18-35-40(54)51-44(43(56)52-62(57,58)28-12-13-28)20-25(44)10-8-6-5-7-9-11-32(42(55)53(35)21-27)48-26-16-30(45)38(46)31(47)17-26/h8,10,14-17,19,22-23,25,27-28,32,35,48H,5-7,9,11-13,18,20-21H2,1-4H3,(H,51,54)(H,52,56)/t25-,27-,32+,35+,44-/m1/s1. The number of aromatic nitrogens is 2. The topological polar surface area (TPSA) is 169 Å². The number of hydrogen-bond donors (Lipinski definition) is 3. The Labute approximate surface area is 374 Å². The molecule has 3 fully saturated rings. The van der Waals surface area contributed by atoms with Gasteiger partial charge in [0.15, 0.2) is 0 Å². The minimum atomic E-state index is -3.93. The number of sulfonamides is 1. The summed E-state index contributed by atoms with van der Waals surface area (Å²) in [5.74, 6) is -1.77. The molecule has 2 aromatic heterocycles. The minimum Gasteiger partial charge on any atom is -0.496 e. The molecule has 62 heavy (non-hydrogen) atoms. The van der Waals surface area contributed by atoms with Crippen LogP contribution in [0, 0.1) is 18.7 Å². The first-order chi connectivity index (χ1) is 29.6. The monoisotopic (exact) mass is 926 g/mol.